The maximum atomic E-state index is 13.9. The molecule has 142 valence electrons. The molecule has 0 saturated heterocycles. The zero-order chi connectivity index (χ0) is 20.0. The summed E-state index contributed by atoms with van der Waals surface area (Å²) >= 11 is 7.62. The molecular formula is C23H14ClFN2OS. The summed E-state index contributed by atoms with van der Waals surface area (Å²) in [6, 6.07) is 19.9. The number of fused-ring (bicyclic) bond motifs is 4. The molecule has 2 heterocycles. The lowest BCUT2D eigenvalue weighted by molar-refractivity contribution is 0.630. The highest BCUT2D eigenvalue weighted by Gasteiger charge is 2.17. The SMILES string of the molecule is O=c1c2cc(F)cc(Cl)c2sc2c(NCc3ccccc3)nc3ccccc3c12. The second-order valence-corrected chi connectivity index (χ2v) is 8.14. The number of nitrogens with zero attached hydrogens (tertiary/aromatic N) is 1. The van der Waals surface area contributed by atoms with Gasteiger partial charge in [-0.15, -0.1) is 11.3 Å². The smallest absolute Gasteiger partial charge is 0.196 e. The van der Waals surface area contributed by atoms with Crippen LogP contribution < -0.4 is 10.7 Å². The lowest BCUT2D eigenvalue weighted by Gasteiger charge is -2.12. The highest BCUT2D eigenvalue weighted by molar-refractivity contribution is 7.25. The zero-order valence-corrected chi connectivity index (χ0v) is 16.7. The second-order valence-electron chi connectivity index (χ2n) is 6.72. The van der Waals surface area contributed by atoms with Crippen LogP contribution in [0.2, 0.25) is 5.02 Å². The van der Waals surface area contributed by atoms with Crippen LogP contribution in [0.15, 0.2) is 71.5 Å². The fourth-order valence-corrected chi connectivity index (χ4v) is 4.95. The van der Waals surface area contributed by atoms with E-state index in [0.717, 1.165) is 10.9 Å². The van der Waals surface area contributed by atoms with Gasteiger partial charge in [0.05, 0.1) is 25.3 Å². The van der Waals surface area contributed by atoms with Crippen LogP contribution in [0.1, 0.15) is 5.56 Å². The van der Waals surface area contributed by atoms with Gasteiger partial charge in [-0.3, -0.25) is 4.79 Å². The van der Waals surface area contributed by atoms with Gasteiger partial charge in [0.2, 0.25) is 0 Å². The Kier molecular flexibility index (Phi) is 4.42. The molecule has 3 aromatic carbocycles. The molecule has 5 rings (SSSR count). The van der Waals surface area contributed by atoms with E-state index in [1.807, 2.05) is 54.6 Å². The van der Waals surface area contributed by atoms with E-state index in [2.05, 4.69) is 5.32 Å². The number of rotatable bonds is 3. The third-order valence-electron chi connectivity index (χ3n) is 4.83. The summed E-state index contributed by atoms with van der Waals surface area (Å²) in [5.74, 6) is 0.0962. The van der Waals surface area contributed by atoms with Gasteiger partial charge in [0.15, 0.2) is 5.43 Å². The minimum atomic E-state index is -0.521. The van der Waals surface area contributed by atoms with Gasteiger partial charge in [0.25, 0.3) is 0 Å². The molecule has 6 heteroatoms. The Balaban J connectivity index is 1.83. The van der Waals surface area contributed by atoms with Gasteiger partial charge in [0.1, 0.15) is 11.6 Å². The molecule has 0 aliphatic heterocycles. The van der Waals surface area contributed by atoms with E-state index >= 15 is 0 Å². The number of para-hydroxylation sites is 1. The van der Waals surface area contributed by atoms with Crippen LogP contribution in [0.5, 0.6) is 0 Å². The highest BCUT2D eigenvalue weighted by atomic mass is 35.5. The maximum absolute atomic E-state index is 13.9. The van der Waals surface area contributed by atoms with E-state index in [-0.39, 0.29) is 15.8 Å². The molecule has 5 aromatic rings. The van der Waals surface area contributed by atoms with Crippen molar-refractivity contribution < 1.29 is 4.39 Å². The van der Waals surface area contributed by atoms with Crippen molar-refractivity contribution >= 4 is 59.8 Å². The quantitative estimate of drug-likeness (QED) is 0.272. The molecule has 1 N–H and O–H groups in total. The van der Waals surface area contributed by atoms with Crippen molar-refractivity contribution in [2.75, 3.05) is 5.32 Å². The third kappa shape index (κ3) is 3.12. The van der Waals surface area contributed by atoms with Crippen molar-refractivity contribution in [3.63, 3.8) is 0 Å². The molecule has 0 saturated carbocycles. The van der Waals surface area contributed by atoms with Crippen molar-refractivity contribution in [2.24, 2.45) is 0 Å². The predicted octanol–water partition coefficient (Wildman–Crippen LogP) is 6.37. The topological polar surface area (TPSA) is 42.0 Å². The average molecular weight is 421 g/mol. The first kappa shape index (κ1) is 18.0. The van der Waals surface area contributed by atoms with E-state index < -0.39 is 5.82 Å². The second kappa shape index (κ2) is 7.10. The average Bonchev–Trinajstić information content (AvgIpc) is 2.73. The van der Waals surface area contributed by atoms with Crippen LogP contribution in [0.25, 0.3) is 31.1 Å². The van der Waals surface area contributed by atoms with Gasteiger partial charge >= 0.3 is 0 Å². The number of anilines is 1. The fraction of sp³-hybridized carbons (Fsp3) is 0.0435. The number of halogens is 2. The van der Waals surface area contributed by atoms with Crippen molar-refractivity contribution in [2.45, 2.75) is 6.54 Å². The molecule has 0 bridgehead atoms. The number of aromatic nitrogens is 1. The Morgan fingerprint density at radius 1 is 0.966 bits per heavy atom. The lowest BCUT2D eigenvalue weighted by Crippen LogP contribution is -2.07. The monoisotopic (exact) mass is 420 g/mol. The van der Waals surface area contributed by atoms with E-state index in [9.17, 15) is 9.18 Å². The largest absolute Gasteiger partial charge is 0.365 e. The summed E-state index contributed by atoms with van der Waals surface area (Å²) in [6.45, 7) is 0.567. The maximum Gasteiger partial charge on any atom is 0.196 e. The summed E-state index contributed by atoms with van der Waals surface area (Å²) in [5, 5.41) is 5.16. The van der Waals surface area contributed by atoms with E-state index in [1.54, 1.807) is 0 Å². The number of nitrogens with one attached hydrogen (secondary N) is 1. The Labute approximate surface area is 174 Å². The summed E-state index contributed by atoms with van der Waals surface area (Å²) in [7, 11) is 0. The van der Waals surface area contributed by atoms with Crippen LogP contribution in [-0.4, -0.2) is 4.98 Å². The lowest BCUT2D eigenvalue weighted by atomic mass is 10.1. The van der Waals surface area contributed by atoms with Crippen molar-refractivity contribution in [1.29, 1.82) is 0 Å². The molecule has 0 atom stereocenters. The number of hydrogen-bond acceptors (Lipinski definition) is 4. The first-order valence-electron chi connectivity index (χ1n) is 9.04. The Bertz CT molecular complexity index is 1450. The number of benzene rings is 3. The van der Waals surface area contributed by atoms with E-state index in [0.29, 0.717) is 32.7 Å². The highest BCUT2D eigenvalue weighted by Crippen LogP contribution is 2.37. The molecule has 0 aliphatic carbocycles. The molecule has 0 fully saturated rings. The predicted molar refractivity (Wildman–Crippen MR) is 120 cm³/mol. The van der Waals surface area contributed by atoms with Gasteiger partial charge < -0.3 is 5.32 Å². The van der Waals surface area contributed by atoms with Gasteiger partial charge in [-0.05, 0) is 23.8 Å². The van der Waals surface area contributed by atoms with Crippen LogP contribution >= 0.6 is 22.9 Å². The van der Waals surface area contributed by atoms with Crippen LogP contribution in [0, 0.1) is 5.82 Å². The normalized spacial score (nSPS) is 11.4. The molecule has 2 aromatic heterocycles. The zero-order valence-electron chi connectivity index (χ0n) is 15.1. The summed E-state index contributed by atoms with van der Waals surface area (Å²) in [6.07, 6.45) is 0. The summed E-state index contributed by atoms with van der Waals surface area (Å²) in [4.78, 5) is 18.1. The molecule has 0 spiro atoms. The first-order valence-corrected chi connectivity index (χ1v) is 10.2. The molecule has 0 unspecified atom stereocenters. The van der Waals surface area contributed by atoms with Crippen molar-refractivity contribution in [3.8, 4) is 0 Å². The van der Waals surface area contributed by atoms with Crippen molar-refractivity contribution in [3.05, 3.63) is 93.4 Å². The Morgan fingerprint density at radius 2 is 1.72 bits per heavy atom. The van der Waals surface area contributed by atoms with Crippen LogP contribution in [-0.2, 0) is 6.54 Å². The third-order valence-corrected chi connectivity index (χ3v) is 6.49. The standard InChI is InChI=1S/C23H14ClFN2OS/c24-17-11-14(25)10-16-20(28)19-15-8-4-5-9-18(15)27-23(22(19)29-21(16)17)26-12-13-6-2-1-3-7-13/h1-11H,12H2,(H,26,27). The van der Waals surface area contributed by atoms with Gasteiger partial charge in [-0.25, -0.2) is 9.37 Å². The van der Waals surface area contributed by atoms with Crippen LogP contribution in [0.3, 0.4) is 0 Å². The van der Waals surface area contributed by atoms with Crippen LogP contribution in [0.4, 0.5) is 10.2 Å². The van der Waals surface area contributed by atoms with E-state index in [4.69, 9.17) is 16.6 Å². The molecular weight excluding hydrogens is 407 g/mol. The van der Waals surface area contributed by atoms with Gasteiger partial charge in [-0.1, -0.05) is 60.1 Å². The first-order chi connectivity index (χ1) is 14.1. The van der Waals surface area contributed by atoms with E-state index in [1.165, 1.54) is 23.5 Å². The number of hydrogen-bond donors (Lipinski definition) is 1. The Hall–Kier alpha value is -3.02. The number of pyridine rings is 1. The van der Waals surface area contributed by atoms with Crippen molar-refractivity contribution in [1.82, 2.24) is 4.98 Å². The minimum absolute atomic E-state index is 0.228. The molecule has 0 radical (unpaired) electrons. The molecule has 0 amide bonds. The fourth-order valence-electron chi connectivity index (χ4n) is 3.49. The molecule has 29 heavy (non-hydrogen) atoms. The van der Waals surface area contributed by atoms with Gasteiger partial charge in [0, 0.05) is 17.3 Å². The Morgan fingerprint density at radius 3 is 2.55 bits per heavy atom. The summed E-state index contributed by atoms with van der Waals surface area (Å²) < 4.78 is 15.2. The molecule has 0 aliphatic rings. The minimum Gasteiger partial charge on any atom is -0.365 e. The summed E-state index contributed by atoms with van der Waals surface area (Å²) in [5.41, 5.74) is 1.57. The van der Waals surface area contributed by atoms with Gasteiger partial charge in [-0.2, -0.15) is 0 Å². The molecule has 3 nitrogen and oxygen atoms in total.